The van der Waals surface area contributed by atoms with Crippen molar-refractivity contribution in [3.63, 3.8) is 0 Å². The largest absolute Gasteiger partial charge is 0.375 e. The SMILES string of the molecule is Cc1nc2c3cc(CCCCC#N)c(=O)n(c3n1)CCCCCCCOCC(F)(F)c1cccc(c1F)[C@@H](C)N2. The number of fused-ring (bicyclic) bond motifs is 2. The van der Waals surface area contributed by atoms with Gasteiger partial charge in [0, 0.05) is 30.7 Å². The van der Waals surface area contributed by atoms with Gasteiger partial charge < -0.3 is 10.1 Å². The molecule has 0 unspecified atom stereocenters. The summed E-state index contributed by atoms with van der Waals surface area (Å²) in [6, 6.07) is 7.19. The molecule has 1 aliphatic heterocycles. The molecule has 7 nitrogen and oxygen atoms in total. The number of ether oxygens (including phenoxy) is 1. The molecule has 10 heteroatoms. The summed E-state index contributed by atoms with van der Waals surface area (Å²) >= 11 is 0. The number of aromatic nitrogens is 3. The van der Waals surface area contributed by atoms with Crippen LogP contribution in [0.25, 0.3) is 11.0 Å². The number of unbranched alkanes of at least 4 members (excludes halogenated alkanes) is 2. The second-order valence-corrected chi connectivity index (χ2v) is 10.4. The first-order valence-electron chi connectivity index (χ1n) is 14.0. The van der Waals surface area contributed by atoms with Crippen molar-refractivity contribution in [2.45, 2.75) is 90.1 Å². The van der Waals surface area contributed by atoms with E-state index < -0.39 is 30.0 Å². The van der Waals surface area contributed by atoms with Gasteiger partial charge in [0.2, 0.25) is 0 Å². The topological polar surface area (TPSA) is 92.8 Å². The molecule has 0 spiro atoms. The Kier molecular flexibility index (Phi) is 9.80. The highest BCUT2D eigenvalue weighted by Gasteiger charge is 2.36. The number of hydrogen-bond donors (Lipinski definition) is 1. The maximum atomic E-state index is 15.5. The van der Waals surface area contributed by atoms with Crippen molar-refractivity contribution in [2.24, 2.45) is 0 Å². The number of nitrogens with one attached hydrogen (secondary N) is 1. The average Bonchev–Trinajstić information content (AvgIpc) is 2.91. The van der Waals surface area contributed by atoms with E-state index in [4.69, 9.17) is 10.00 Å². The molecule has 3 heterocycles. The number of alkyl halides is 2. The Labute approximate surface area is 232 Å². The van der Waals surface area contributed by atoms with E-state index in [1.807, 2.05) is 0 Å². The van der Waals surface area contributed by atoms with Crippen molar-refractivity contribution in [2.75, 3.05) is 18.5 Å². The molecular weight excluding hydrogens is 519 g/mol. The number of benzene rings is 1. The molecule has 1 aromatic carbocycles. The van der Waals surface area contributed by atoms with Crippen molar-refractivity contribution in [3.8, 4) is 6.07 Å². The third-order valence-electron chi connectivity index (χ3n) is 7.31. The van der Waals surface area contributed by atoms with Crippen molar-refractivity contribution in [1.82, 2.24) is 14.5 Å². The summed E-state index contributed by atoms with van der Waals surface area (Å²) in [5.74, 6) is -3.63. The molecule has 0 saturated heterocycles. The zero-order valence-electron chi connectivity index (χ0n) is 23.1. The van der Waals surface area contributed by atoms with E-state index >= 15 is 4.39 Å². The van der Waals surface area contributed by atoms with E-state index in [9.17, 15) is 13.6 Å². The van der Waals surface area contributed by atoms with Gasteiger partial charge in [0.25, 0.3) is 11.5 Å². The minimum atomic E-state index is -3.47. The van der Waals surface area contributed by atoms with Crippen LogP contribution in [0, 0.1) is 24.1 Å². The number of pyridine rings is 1. The molecular formula is C30H36F3N5O2. The minimum absolute atomic E-state index is 0.0737. The molecule has 214 valence electrons. The lowest BCUT2D eigenvalue weighted by atomic mass is 10.00. The molecule has 0 saturated carbocycles. The molecule has 3 aromatic rings. The molecule has 1 atom stereocenters. The first-order valence-corrected chi connectivity index (χ1v) is 14.0. The van der Waals surface area contributed by atoms with Gasteiger partial charge >= 0.3 is 0 Å². The maximum absolute atomic E-state index is 15.5. The smallest absolute Gasteiger partial charge is 0.298 e. The van der Waals surface area contributed by atoms with Crippen LogP contribution in [-0.2, 0) is 23.6 Å². The monoisotopic (exact) mass is 555 g/mol. The second-order valence-electron chi connectivity index (χ2n) is 10.4. The van der Waals surface area contributed by atoms with Crippen molar-refractivity contribution in [3.05, 3.63) is 63.0 Å². The predicted octanol–water partition coefficient (Wildman–Crippen LogP) is 6.72. The highest BCUT2D eigenvalue weighted by molar-refractivity contribution is 5.87. The highest BCUT2D eigenvalue weighted by Crippen LogP contribution is 2.35. The van der Waals surface area contributed by atoms with Gasteiger partial charge in [0.15, 0.2) is 0 Å². The molecule has 0 aliphatic carbocycles. The van der Waals surface area contributed by atoms with Crippen molar-refractivity contribution < 1.29 is 17.9 Å². The van der Waals surface area contributed by atoms with E-state index in [1.165, 1.54) is 12.1 Å². The first-order chi connectivity index (χ1) is 19.2. The predicted molar refractivity (Wildman–Crippen MR) is 148 cm³/mol. The van der Waals surface area contributed by atoms with Gasteiger partial charge in [0.1, 0.15) is 29.7 Å². The van der Waals surface area contributed by atoms with Crippen LogP contribution in [0.2, 0.25) is 0 Å². The zero-order chi connectivity index (χ0) is 28.7. The van der Waals surface area contributed by atoms with Crippen molar-refractivity contribution >= 4 is 16.9 Å². The Hall–Kier alpha value is -3.45. The summed E-state index contributed by atoms with van der Waals surface area (Å²) in [5, 5.41) is 12.7. The van der Waals surface area contributed by atoms with Gasteiger partial charge in [-0.05, 0) is 58.1 Å². The van der Waals surface area contributed by atoms with Crippen molar-refractivity contribution in [1.29, 1.82) is 5.26 Å². The molecule has 0 radical (unpaired) electrons. The number of halogens is 3. The van der Waals surface area contributed by atoms with Crippen LogP contribution in [0.4, 0.5) is 19.0 Å². The quantitative estimate of drug-likeness (QED) is 0.359. The molecule has 1 aliphatic rings. The van der Waals surface area contributed by atoms with Gasteiger partial charge in [-0.25, -0.2) is 14.4 Å². The van der Waals surface area contributed by atoms with E-state index in [0.717, 1.165) is 31.7 Å². The standard InChI is InChI=1S/C30H36F3N5O2/c1-20-23-13-11-14-25(26(23)31)30(32,33)19-40-17-10-5-3-4-9-16-38-28-24(27(35-20)36-21(2)37-28)18-22(29(38)39)12-7-6-8-15-34/h11,13-14,18,20H,3-10,12,16-17,19H2,1-2H3,(H,35,36,37)/t20-/m1/s1. The van der Waals surface area contributed by atoms with Crippen LogP contribution in [0.5, 0.6) is 0 Å². The Bertz CT molecular complexity index is 1430. The molecule has 4 rings (SSSR count). The lowest BCUT2D eigenvalue weighted by molar-refractivity contribution is -0.0853. The zero-order valence-corrected chi connectivity index (χ0v) is 23.1. The molecule has 0 fully saturated rings. The summed E-state index contributed by atoms with van der Waals surface area (Å²) in [6.07, 6.45) is 6.21. The fourth-order valence-electron chi connectivity index (χ4n) is 5.16. The number of aryl methyl sites for hydroxylation is 3. The molecule has 6 bridgehead atoms. The highest BCUT2D eigenvalue weighted by atomic mass is 19.3. The first kappa shape index (κ1) is 29.5. The van der Waals surface area contributed by atoms with Gasteiger partial charge in [-0.2, -0.15) is 14.0 Å². The summed E-state index contributed by atoms with van der Waals surface area (Å²) in [6.45, 7) is 3.17. The van der Waals surface area contributed by atoms with Gasteiger partial charge in [-0.3, -0.25) is 9.36 Å². The van der Waals surface area contributed by atoms with Gasteiger partial charge in [0.05, 0.1) is 23.1 Å². The van der Waals surface area contributed by atoms with E-state index in [2.05, 4.69) is 21.4 Å². The van der Waals surface area contributed by atoms with Gasteiger partial charge in [-0.15, -0.1) is 0 Å². The Morgan fingerprint density at radius 3 is 2.75 bits per heavy atom. The van der Waals surface area contributed by atoms with Crippen LogP contribution < -0.4 is 10.9 Å². The molecule has 2 aromatic heterocycles. The van der Waals surface area contributed by atoms with E-state index in [1.54, 1.807) is 24.5 Å². The lowest BCUT2D eigenvalue weighted by Crippen LogP contribution is -2.26. The number of rotatable bonds is 4. The Morgan fingerprint density at radius 2 is 1.95 bits per heavy atom. The second kappa shape index (κ2) is 13.3. The number of nitriles is 1. The van der Waals surface area contributed by atoms with Crippen LogP contribution in [0.3, 0.4) is 0 Å². The normalized spacial score (nSPS) is 18.4. The Balaban J connectivity index is 1.81. The molecule has 0 amide bonds. The summed E-state index contributed by atoms with van der Waals surface area (Å²) in [5.41, 5.74) is 0.352. The minimum Gasteiger partial charge on any atom is -0.375 e. The third kappa shape index (κ3) is 6.81. The fraction of sp³-hybridized carbons (Fsp3) is 0.533. The average molecular weight is 556 g/mol. The summed E-state index contributed by atoms with van der Waals surface area (Å²) < 4.78 is 52.4. The van der Waals surface area contributed by atoms with Gasteiger partial charge in [-0.1, -0.05) is 31.4 Å². The summed E-state index contributed by atoms with van der Waals surface area (Å²) in [4.78, 5) is 22.7. The third-order valence-corrected chi connectivity index (χ3v) is 7.31. The fourth-order valence-corrected chi connectivity index (χ4v) is 5.16. The van der Waals surface area contributed by atoms with Crippen LogP contribution in [0.15, 0.2) is 29.1 Å². The van der Waals surface area contributed by atoms with E-state index in [0.29, 0.717) is 66.9 Å². The van der Waals surface area contributed by atoms with Crippen LogP contribution in [-0.4, -0.2) is 27.7 Å². The van der Waals surface area contributed by atoms with Crippen LogP contribution in [0.1, 0.15) is 86.8 Å². The lowest BCUT2D eigenvalue weighted by Gasteiger charge is -2.22. The molecule has 1 N–H and O–H groups in total. The summed E-state index contributed by atoms with van der Waals surface area (Å²) in [7, 11) is 0. The maximum Gasteiger partial charge on any atom is 0.298 e. The number of hydrogen-bond acceptors (Lipinski definition) is 6. The number of nitrogens with zero attached hydrogens (tertiary/aromatic N) is 4. The Morgan fingerprint density at radius 1 is 1.18 bits per heavy atom. The van der Waals surface area contributed by atoms with E-state index in [-0.39, 0.29) is 17.7 Å². The molecule has 40 heavy (non-hydrogen) atoms. The number of anilines is 1. The van der Waals surface area contributed by atoms with Crippen LogP contribution >= 0.6 is 0 Å².